The number of benzene rings is 7. The van der Waals surface area contributed by atoms with Gasteiger partial charge < -0.3 is 15.1 Å². The molecule has 7 aromatic carbocycles. The third kappa shape index (κ3) is 8.09. The van der Waals surface area contributed by atoms with Crippen LogP contribution in [-0.4, -0.2) is 6.71 Å². The Bertz CT molecular complexity index is 3730. The highest BCUT2D eigenvalue weighted by molar-refractivity contribution is 7.25. The van der Waals surface area contributed by atoms with Crippen LogP contribution >= 0.6 is 11.3 Å². The molecule has 4 aliphatic rings. The Morgan fingerprint density at radius 1 is 0.434 bits per heavy atom. The van der Waals surface area contributed by atoms with E-state index in [-0.39, 0.29) is 44.6 Å². The summed E-state index contributed by atoms with van der Waals surface area (Å²) in [7, 11) is 0. The van der Waals surface area contributed by atoms with E-state index in [1.54, 1.807) is 0 Å². The molecule has 76 heavy (non-hydrogen) atoms. The maximum Gasteiger partial charge on any atom is 0.252 e. The zero-order valence-corrected chi connectivity index (χ0v) is 50.0. The van der Waals surface area contributed by atoms with Crippen LogP contribution < -0.4 is 31.5 Å². The first-order valence-electron chi connectivity index (χ1n) is 28.5. The quantitative estimate of drug-likeness (QED) is 0.177. The molecule has 0 bridgehead atoms. The Hall–Kier alpha value is -5.78. The Labute approximate surface area is 460 Å². The third-order valence-electron chi connectivity index (χ3n) is 19.0. The highest BCUT2D eigenvalue weighted by Gasteiger charge is 2.48. The third-order valence-corrected chi connectivity index (χ3v) is 20.1. The second-order valence-corrected chi connectivity index (χ2v) is 30.5. The fourth-order valence-electron chi connectivity index (χ4n) is 13.6. The minimum atomic E-state index is -0.136. The smallest absolute Gasteiger partial charge is 0.252 e. The molecule has 0 amide bonds. The van der Waals surface area contributed by atoms with Gasteiger partial charge in [0.05, 0.1) is 0 Å². The molecule has 0 atom stereocenters. The van der Waals surface area contributed by atoms with Gasteiger partial charge in [-0.2, -0.15) is 0 Å². The molecule has 5 heteroatoms. The maximum atomic E-state index is 3.97. The van der Waals surface area contributed by atoms with Crippen molar-refractivity contribution in [3.05, 3.63) is 160 Å². The topological polar surface area (TPSA) is 18.5 Å². The van der Waals surface area contributed by atoms with Crippen LogP contribution in [0.5, 0.6) is 0 Å². The molecule has 3 nitrogen and oxygen atoms in total. The second kappa shape index (κ2) is 16.6. The fraction of sp³-hybridized carbons (Fsp3) is 0.408. The number of fused-ring (bicyclic) bond motifs is 9. The first-order valence-corrected chi connectivity index (χ1v) is 29.3. The van der Waals surface area contributed by atoms with Gasteiger partial charge in [-0.15, -0.1) is 11.3 Å². The molecule has 0 fully saturated rings. The van der Waals surface area contributed by atoms with E-state index in [0.29, 0.717) is 0 Å². The normalized spacial score (nSPS) is 18.0. The molecule has 0 spiro atoms. The minimum Gasteiger partial charge on any atom is -0.355 e. The van der Waals surface area contributed by atoms with Crippen molar-refractivity contribution in [3.63, 3.8) is 0 Å². The summed E-state index contributed by atoms with van der Waals surface area (Å²) in [5.41, 5.74) is 25.5. The van der Waals surface area contributed by atoms with Crippen LogP contribution in [0.4, 0.5) is 45.5 Å². The summed E-state index contributed by atoms with van der Waals surface area (Å²) in [6.07, 6.45) is 4.70. The maximum absolute atomic E-state index is 3.97. The molecule has 8 aromatic rings. The van der Waals surface area contributed by atoms with Gasteiger partial charge in [0.1, 0.15) is 0 Å². The molecule has 1 aromatic heterocycles. The predicted molar refractivity (Wildman–Crippen MR) is 334 cm³/mol. The largest absolute Gasteiger partial charge is 0.355 e. The monoisotopic (exact) mass is 1020 g/mol. The summed E-state index contributed by atoms with van der Waals surface area (Å²) in [5, 5.41) is 6.63. The Balaban J connectivity index is 1.16. The molecular weight excluding hydrogens is 938 g/mol. The van der Waals surface area contributed by atoms with E-state index in [1.165, 1.54) is 141 Å². The molecule has 2 aliphatic carbocycles. The fourth-order valence-corrected chi connectivity index (χ4v) is 14.8. The van der Waals surface area contributed by atoms with Crippen LogP contribution in [0.25, 0.3) is 20.2 Å². The van der Waals surface area contributed by atoms with Crippen molar-refractivity contribution in [2.24, 2.45) is 0 Å². The molecule has 0 radical (unpaired) electrons. The summed E-state index contributed by atoms with van der Waals surface area (Å²) in [5.74, 6) is 0. The van der Waals surface area contributed by atoms with Crippen LogP contribution in [0.1, 0.15) is 188 Å². The van der Waals surface area contributed by atoms with E-state index in [4.69, 9.17) is 0 Å². The number of anilines is 8. The molecule has 0 saturated carbocycles. The minimum absolute atomic E-state index is 0.00129. The second-order valence-electron chi connectivity index (χ2n) is 29.4. The van der Waals surface area contributed by atoms with Crippen molar-refractivity contribution in [1.29, 1.82) is 0 Å². The van der Waals surface area contributed by atoms with Crippen molar-refractivity contribution in [2.45, 2.75) is 188 Å². The van der Waals surface area contributed by atoms with Crippen molar-refractivity contribution >= 4 is 100 Å². The van der Waals surface area contributed by atoms with Gasteiger partial charge in [0.25, 0.3) is 6.71 Å². The molecule has 2 aliphatic heterocycles. The number of nitrogens with zero attached hydrogens (tertiary/aromatic N) is 2. The molecule has 0 saturated heterocycles. The van der Waals surface area contributed by atoms with E-state index in [1.807, 2.05) is 11.3 Å². The summed E-state index contributed by atoms with van der Waals surface area (Å²) in [4.78, 5) is 5.37. The number of aryl methyl sites for hydroxylation is 1. The number of hydrogen-bond donors (Lipinski definition) is 1. The molecule has 1 N–H and O–H groups in total. The summed E-state index contributed by atoms with van der Waals surface area (Å²) >= 11 is 1.93. The summed E-state index contributed by atoms with van der Waals surface area (Å²) in [6.45, 7) is 43.1. The average Bonchev–Trinajstić information content (AvgIpc) is 3.79. The van der Waals surface area contributed by atoms with Gasteiger partial charge in [0.2, 0.25) is 0 Å². The first kappa shape index (κ1) is 51.0. The Morgan fingerprint density at radius 2 is 0.921 bits per heavy atom. The predicted octanol–water partition coefficient (Wildman–Crippen LogP) is 18.8. The van der Waals surface area contributed by atoms with E-state index >= 15 is 0 Å². The average molecular weight is 1020 g/mol. The van der Waals surface area contributed by atoms with Crippen LogP contribution in [-0.2, 0) is 37.9 Å². The number of thiophene rings is 1. The van der Waals surface area contributed by atoms with Gasteiger partial charge >= 0.3 is 0 Å². The van der Waals surface area contributed by atoms with Gasteiger partial charge in [-0.1, -0.05) is 166 Å². The lowest BCUT2D eigenvalue weighted by atomic mass is 9.33. The molecule has 390 valence electrons. The summed E-state index contributed by atoms with van der Waals surface area (Å²) in [6, 6.07) is 46.8. The van der Waals surface area contributed by atoms with Crippen molar-refractivity contribution in [3.8, 4) is 0 Å². The van der Waals surface area contributed by atoms with E-state index < -0.39 is 0 Å². The van der Waals surface area contributed by atoms with Gasteiger partial charge in [-0.3, -0.25) is 0 Å². The van der Waals surface area contributed by atoms with Crippen molar-refractivity contribution in [1.82, 2.24) is 0 Å². The SMILES string of the molecule is Cc1cc(C(C)(C)C)ccc1Nc1ccc2c(c1)N(c1ccc3c(c1)sc1cc(C(C)(C)C)ccc13)c1cc(C(C)(C)C)cc3c1B2c1cc2c(cc1N3c1ccc3c(c1)C(C)(C)CCC3(C)C)C(C)(C)CCC2(C)C. The number of nitrogens with one attached hydrogen (secondary N) is 1. The van der Waals surface area contributed by atoms with Crippen LogP contribution in [0.15, 0.2) is 115 Å². The number of hydrogen-bond acceptors (Lipinski definition) is 4. The van der Waals surface area contributed by atoms with Crippen LogP contribution in [0.3, 0.4) is 0 Å². The van der Waals surface area contributed by atoms with Gasteiger partial charge in [0, 0.05) is 65.7 Å². The lowest BCUT2D eigenvalue weighted by Crippen LogP contribution is -2.62. The standard InChI is InChI=1S/C71H82BN3S/c1-42-33-43(65(2,3)4)20-28-57(42)73-46-21-27-55-58(37-46)75(48-22-25-50-49-24-19-44(66(5,6)7)36-62(49)76-63(50)39-48)61-35-45(67(8,9)10)34-60-64(61)72(55)56-40-53-54(71(17,18)32-31-70(53,15)16)41-59(56)74(60)47-23-26-51-52(38-47)69(13,14)30-29-68(51,11)12/h19-28,33-41,73H,29-32H2,1-18H3. The van der Waals surface area contributed by atoms with E-state index in [0.717, 1.165) is 11.4 Å². The summed E-state index contributed by atoms with van der Waals surface area (Å²) < 4.78 is 2.67. The van der Waals surface area contributed by atoms with Crippen molar-refractivity contribution in [2.75, 3.05) is 15.1 Å². The van der Waals surface area contributed by atoms with Crippen LogP contribution in [0.2, 0.25) is 0 Å². The van der Waals surface area contributed by atoms with E-state index in [2.05, 4.69) is 255 Å². The number of rotatable bonds is 4. The lowest BCUT2D eigenvalue weighted by Gasteiger charge is -2.48. The van der Waals surface area contributed by atoms with Gasteiger partial charge in [0.15, 0.2) is 0 Å². The Morgan fingerprint density at radius 3 is 1.51 bits per heavy atom. The first-order chi connectivity index (χ1) is 35.4. The Kier molecular flexibility index (Phi) is 11.2. The van der Waals surface area contributed by atoms with Crippen molar-refractivity contribution < 1.29 is 0 Å². The highest BCUT2D eigenvalue weighted by Crippen LogP contribution is 2.54. The van der Waals surface area contributed by atoms with Gasteiger partial charge in [-0.25, -0.2) is 0 Å². The molecule has 0 unspecified atom stereocenters. The zero-order valence-electron chi connectivity index (χ0n) is 49.2. The molecule has 3 heterocycles. The molecule has 12 rings (SSSR count). The highest BCUT2D eigenvalue weighted by atomic mass is 32.1. The van der Waals surface area contributed by atoms with E-state index in [9.17, 15) is 0 Å². The molecular formula is C71H82BN3S. The lowest BCUT2D eigenvalue weighted by molar-refractivity contribution is 0.332. The van der Waals surface area contributed by atoms with Crippen LogP contribution in [0, 0.1) is 6.92 Å². The van der Waals surface area contributed by atoms with Gasteiger partial charge in [-0.05, 0) is 198 Å². The zero-order chi connectivity index (χ0) is 54.2.